The molecule has 0 aromatic rings. The van der Waals surface area contributed by atoms with Crippen molar-refractivity contribution in [3.05, 3.63) is 48.6 Å². The summed E-state index contributed by atoms with van der Waals surface area (Å²) in [6.07, 6.45) is 53.8. The maximum Gasteiger partial charge on any atom is 0.306 e. The van der Waals surface area contributed by atoms with Crippen LogP contribution in [0.5, 0.6) is 0 Å². The third-order valence-corrected chi connectivity index (χ3v) is 10.2. The van der Waals surface area contributed by atoms with Crippen LogP contribution in [0.4, 0.5) is 0 Å². The molecule has 0 aromatic carbocycles. The van der Waals surface area contributed by atoms with Gasteiger partial charge in [-0.2, -0.15) is 0 Å². The predicted molar refractivity (Wildman–Crippen MR) is 242 cm³/mol. The highest BCUT2D eigenvalue weighted by Crippen LogP contribution is 2.14. The highest BCUT2D eigenvalue weighted by molar-refractivity contribution is 5.71. The van der Waals surface area contributed by atoms with Crippen molar-refractivity contribution in [3.8, 4) is 0 Å². The summed E-state index contributed by atoms with van der Waals surface area (Å²) in [6, 6.07) is 0. The number of carbonyl (C=O) groups excluding carboxylic acids is 3. The molecule has 0 bridgehead atoms. The minimum Gasteiger partial charge on any atom is -0.462 e. The molecule has 0 aliphatic heterocycles. The van der Waals surface area contributed by atoms with Crippen LogP contribution >= 0.6 is 0 Å². The Morgan fingerprint density at radius 2 is 0.667 bits per heavy atom. The van der Waals surface area contributed by atoms with Crippen LogP contribution < -0.4 is 0 Å². The highest BCUT2D eigenvalue weighted by atomic mass is 16.6. The largest absolute Gasteiger partial charge is 0.462 e. The van der Waals surface area contributed by atoms with Gasteiger partial charge >= 0.3 is 17.9 Å². The molecule has 0 saturated carbocycles. The standard InChI is InChI=1S/C51H90O6/c1-4-7-10-13-16-19-22-24-25-26-28-29-32-35-38-41-44-50(53)56-47-48(46-55-49(52)43-40-37-34-31-21-18-15-12-9-6-3)57-51(54)45-42-39-36-33-30-27-23-20-17-14-11-8-5-2/h11-12,14-15,20,23,25-26,48H,4-10,13,16-19,21-22,24,27-47H2,1-3H3/b14-11-,15-12-,23-20-,26-25-. The van der Waals surface area contributed by atoms with Crippen LogP contribution in [-0.4, -0.2) is 37.2 Å². The van der Waals surface area contributed by atoms with Crippen molar-refractivity contribution in [2.45, 2.75) is 245 Å². The zero-order valence-electron chi connectivity index (χ0n) is 37.6. The van der Waals surface area contributed by atoms with Gasteiger partial charge in [0.05, 0.1) is 0 Å². The average molecular weight is 799 g/mol. The number of hydrogen-bond acceptors (Lipinski definition) is 6. The first-order valence-corrected chi connectivity index (χ1v) is 24.1. The molecule has 6 nitrogen and oxygen atoms in total. The van der Waals surface area contributed by atoms with Crippen molar-refractivity contribution in [3.63, 3.8) is 0 Å². The van der Waals surface area contributed by atoms with Crippen LogP contribution in [0.15, 0.2) is 48.6 Å². The molecule has 0 aliphatic carbocycles. The molecule has 1 unspecified atom stereocenters. The molecule has 0 N–H and O–H groups in total. The Balaban J connectivity index is 4.38. The van der Waals surface area contributed by atoms with Crippen molar-refractivity contribution >= 4 is 17.9 Å². The van der Waals surface area contributed by atoms with Crippen LogP contribution in [0.3, 0.4) is 0 Å². The first-order chi connectivity index (χ1) is 28.0. The fourth-order valence-corrected chi connectivity index (χ4v) is 6.59. The third kappa shape index (κ3) is 44.3. The fourth-order valence-electron chi connectivity index (χ4n) is 6.59. The van der Waals surface area contributed by atoms with E-state index >= 15 is 0 Å². The van der Waals surface area contributed by atoms with Gasteiger partial charge in [0.15, 0.2) is 6.10 Å². The van der Waals surface area contributed by atoms with Crippen LogP contribution in [0.1, 0.15) is 239 Å². The van der Waals surface area contributed by atoms with E-state index < -0.39 is 6.10 Å². The van der Waals surface area contributed by atoms with Crippen LogP contribution in [0.2, 0.25) is 0 Å². The summed E-state index contributed by atoms with van der Waals surface area (Å²) in [5, 5.41) is 0. The zero-order valence-corrected chi connectivity index (χ0v) is 37.6. The third-order valence-electron chi connectivity index (χ3n) is 10.2. The first kappa shape index (κ1) is 54.4. The van der Waals surface area contributed by atoms with Crippen LogP contribution in [-0.2, 0) is 28.6 Å². The summed E-state index contributed by atoms with van der Waals surface area (Å²) in [5.41, 5.74) is 0. The summed E-state index contributed by atoms with van der Waals surface area (Å²) < 4.78 is 16.7. The molecule has 0 heterocycles. The maximum atomic E-state index is 12.7. The Morgan fingerprint density at radius 1 is 0.351 bits per heavy atom. The molecule has 0 spiro atoms. The van der Waals surface area contributed by atoms with Gasteiger partial charge in [-0.1, -0.05) is 179 Å². The molecule has 57 heavy (non-hydrogen) atoms. The SMILES string of the molecule is CCC/C=C\C/C=C\CCCCCCCC(=O)OC(COC(=O)CCCCCCC/C=C\CCC)COC(=O)CCCCCCC/C=C\CCCCCCCCC. The fraction of sp³-hybridized carbons (Fsp3) is 0.784. The minimum atomic E-state index is -0.784. The Hall–Kier alpha value is -2.63. The molecule has 330 valence electrons. The van der Waals surface area contributed by atoms with E-state index in [4.69, 9.17) is 14.2 Å². The lowest BCUT2D eigenvalue weighted by Crippen LogP contribution is -2.30. The second-order valence-corrected chi connectivity index (χ2v) is 16.0. The number of hydrogen-bond donors (Lipinski definition) is 0. The zero-order chi connectivity index (χ0) is 41.5. The van der Waals surface area contributed by atoms with E-state index in [0.29, 0.717) is 19.3 Å². The topological polar surface area (TPSA) is 78.9 Å². The number of ether oxygens (including phenoxy) is 3. The van der Waals surface area contributed by atoms with Gasteiger partial charge in [-0.25, -0.2) is 0 Å². The quantitative estimate of drug-likeness (QED) is 0.0265. The predicted octanol–water partition coefficient (Wildman–Crippen LogP) is 15.5. The second kappa shape index (κ2) is 46.1. The van der Waals surface area contributed by atoms with E-state index in [-0.39, 0.29) is 31.1 Å². The number of unbranched alkanes of at least 4 members (excludes halogenated alkanes) is 24. The smallest absolute Gasteiger partial charge is 0.306 e. The lowest BCUT2D eigenvalue weighted by atomic mass is 10.1. The monoisotopic (exact) mass is 799 g/mol. The van der Waals surface area contributed by atoms with Gasteiger partial charge in [0.1, 0.15) is 13.2 Å². The van der Waals surface area contributed by atoms with Crippen molar-refractivity contribution in [2.24, 2.45) is 0 Å². The van der Waals surface area contributed by atoms with Crippen LogP contribution in [0.25, 0.3) is 0 Å². The summed E-state index contributed by atoms with van der Waals surface area (Å²) >= 11 is 0. The van der Waals surface area contributed by atoms with E-state index in [1.165, 1.54) is 89.9 Å². The summed E-state index contributed by atoms with van der Waals surface area (Å²) in [4.78, 5) is 37.8. The van der Waals surface area contributed by atoms with E-state index in [1.807, 2.05) is 0 Å². The van der Waals surface area contributed by atoms with Gasteiger partial charge in [-0.3, -0.25) is 14.4 Å². The summed E-state index contributed by atoms with van der Waals surface area (Å²) in [7, 11) is 0. The Morgan fingerprint density at radius 3 is 1.07 bits per heavy atom. The molecule has 6 heteroatoms. The number of esters is 3. The lowest BCUT2D eigenvalue weighted by Gasteiger charge is -2.18. The van der Waals surface area contributed by atoms with Crippen molar-refractivity contribution in [2.75, 3.05) is 13.2 Å². The molecular formula is C51H90O6. The number of rotatable bonds is 43. The molecule has 0 rings (SSSR count). The van der Waals surface area contributed by atoms with Gasteiger partial charge in [-0.05, 0) is 89.9 Å². The molecule has 0 radical (unpaired) electrons. The van der Waals surface area contributed by atoms with Gasteiger partial charge in [0.25, 0.3) is 0 Å². The molecule has 0 fully saturated rings. The van der Waals surface area contributed by atoms with Crippen molar-refractivity contribution in [1.29, 1.82) is 0 Å². The van der Waals surface area contributed by atoms with Crippen LogP contribution in [0, 0.1) is 0 Å². The normalized spacial score (nSPS) is 12.4. The molecular weight excluding hydrogens is 709 g/mol. The molecule has 0 aliphatic rings. The van der Waals surface area contributed by atoms with Gasteiger partial charge < -0.3 is 14.2 Å². The molecule has 0 amide bonds. The van der Waals surface area contributed by atoms with Gasteiger partial charge in [0, 0.05) is 19.3 Å². The van der Waals surface area contributed by atoms with Gasteiger partial charge in [0.2, 0.25) is 0 Å². The lowest BCUT2D eigenvalue weighted by molar-refractivity contribution is -0.167. The molecule has 1 atom stereocenters. The van der Waals surface area contributed by atoms with E-state index in [2.05, 4.69) is 69.4 Å². The van der Waals surface area contributed by atoms with E-state index in [9.17, 15) is 14.4 Å². The minimum absolute atomic E-state index is 0.0857. The van der Waals surface area contributed by atoms with E-state index in [1.54, 1.807) is 0 Å². The maximum absolute atomic E-state index is 12.7. The Kier molecular flexibility index (Phi) is 43.9. The van der Waals surface area contributed by atoms with E-state index in [0.717, 1.165) is 109 Å². The Bertz CT molecular complexity index is 1010. The average Bonchev–Trinajstić information content (AvgIpc) is 3.21. The van der Waals surface area contributed by atoms with Crippen molar-refractivity contribution < 1.29 is 28.6 Å². The molecule has 0 aromatic heterocycles. The number of carbonyl (C=O) groups is 3. The van der Waals surface area contributed by atoms with Gasteiger partial charge in [-0.15, -0.1) is 0 Å². The van der Waals surface area contributed by atoms with Crippen molar-refractivity contribution in [1.82, 2.24) is 0 Å². The second-order valence-electron chi connectivity index (χ2n) is 16.0. The summed E-state index contributed by atoms with van der Waals surface area (Å²) in [6.45, 7) is 6.48. The number of allylic oxidation sites excluding steroid dienone is 8. The molecule has 0 saturated heterocycles. The Labute approximate surface area is 352 Å². The first-order valence-electron chi connectivity index (χ1n) is 24.1. The summed E-state index contributed by atoms with van der Waals surface area (Å²) in [5.74, 6) is -0.918. The highest BCUT2D eigenvalue weighted by Gasteiger charge is 2.19.